The number of hydrogen-bond acceptors (Lipinski definition) is 5. The molecular formula is C17H20N6O2. The molecule has 1 amide bonds. The first-order valence-corrected chi connectivity index (χ1v) is 8.02. The van der Waals surface area contributed by atoms with Crippen LogP contribution in [0.25, 0.3) is 0 Å². The minimum absolute atomic E-state index is 0.103. The number of aryl methyl sites for hydroxylation is 1. The number of nitrogens with one attached hydrogen (secondary N) is 1. The molecule has 0 radical (unpaired) electrons. The zero-order chi connectivity index (χ0) is 17.8. The van der Waals surface area contributed by atoms with E-state index in [1.807, 2.05) is 25.1 Å². The average molecular weight is 340 g/mol. The maximum Gasteiger partial charge on any atom is 0.287 e. The van der Waals surface area contributed by atoms with Gasteiger partial charge >= 0.3 is 0 Å². The molecule has 2 aromatic heterocycles. The number of nitrogens with two attached hydrogens (primary N) is 2. The molecule has 2 aromatic rings. The highest BCUT2D eigenvalue weighted by Gasteiger charge is 2.27. The van der Waals surface area contributed by atoms with Gasteiger partial charge in [-0.1, -0.05) is 6.07 Å². The molecule has 0 aromatic carbocycles. The summed E-state index contributed by atoms with van der Waals surface area (Å²) in [6.07, 6.45) is 4.04. The number of fused-ring (bicyclic) bond motifs is 1. The van der Waals surface area contributed by atoms with Crippen LogP contribution in [0.5, 0.6) is 0 Å². The highest BCUT2D eigenvalue weighted by molar-refractivity contribution is 6.06. The highest BCUT2D eigenvalue weighted by atomic mass is 16.4. The third kappa shape index (κ3) is 3.68. The monoisotopic (exact) mass is 340 g/mol. The van der Waals surface area contributed by atoms with E-state index < -0.39 is 0 Å². The lowest BCUT2D eigenvalue weighted by atomic mass is 9.93. The molecule has 3 rings (SSSR count). The first kappa shape index (κ1) is 16.7. The minimum Gasteiger partial charge on any atom is -0.455 e. The van der Waals surface area contributed by atoms with Crippen molar-refractivity contribution in [2.75, 3.05) is 0 Å². The van der Waals surface area contributed by atoms with Gasteiger partial charge in [0.1, 0.15) is 5.76 Å². The Bertz CT molecular complexity index is 834. The summed E-state index contributed by atoms with van der Waals surface area (Å²) >= 11 is 0. The van der Waals surface area contributed by atoms with Gasteiger partial charge in [0, 0.05) is 23.7 Å². The fourth-order valence-electron chi connectivity index (χ4n) is 2.86. The van der Waals surface area contributed by atoms with Crippen molar-refractivity contribution in [3.05, 3.63) is 52.7 Å². The molecular weight excluding hydrogens is 320 g/mol. The van der Waals surface area contributed by atoms with Crippen LogP contribution in [0.15, 0.2) is 39.0 Å². The van der Waals surface area contributed by atoms with Crippen LogP contribution in [-0.4, -0.2) is 22.6 Å². The second-order valence-electron chi connectivity index (χ2n) is 5.78. The number of amides is 1. The molecule has 8 heteroatoms. The Hall–Kier alpha value is -3.16. The molecule has 0 spiro atoms. The van der Waals surface area contributed by atoms with Crippen molar-refractivity contribution in [2.24, 2.45) is 21.7 Å². The Morgan fingerprint density at radius 3 is 2.92 bits per heavy atom. The Morgan fingerprint density at radius 1 is 1.36 bits per heavy atom. The number of guanidine groups is 1. The molecule has 0 saturated heterocycles. The number of carbonyl (C=O) groups excluding carboxylic acids is 1. The molecule has 2 heterocycles. The third-order valence-electron chi connectivity index (χ3n) is 3.97. The molecule has 25 heavy (non-hydrogen) atoms. The van der Waals surface area contributed by atoms with Crippen LogP contribution < -0.4 is 16.8 Å². The van der Waals surface area contributed by atoms with Crippen LogP contribution in [0, 0.1) is 6.92 Å². The van der Waals surface area contributed by atoms with E-state index in [9.17, 15) is 4.79 Å². The second kappa shape index (κ2) is 7.16. The maximum absolute atomic E-state index is 12.5. The number of hydrogen-bond donors (Lipinski definition) is 3. The molecule has 0 aliphatic heterocycles. The molecule has 5 N–H and O–H groups in total. The Labute approximate surface area is 145 Å². The lowest BCUT2D eigenvalue weighted by Gasteiger charge is -2.11. The van der Waals surface area contributed by atoms with Crippen molar-refractivity contribution in [2.45, 2.75) is 32.7 Å². The summed E-state index contributed by atoms with van der Waals surface area (Å²) in [5.74, 6) is 0.657. The Balaban J connectivity index is 1.83. The lowest BCUT2D eigenvalue weighted by molar-refractivity contribution is 0.0920. The molecule has 8 nitrogen and oxygen atoms in total. The van der Waals surface area contributed by atoms with Gasteiger partial charge in [-0.15, -0.1) is 5.10 Å². The number of aromatic nitrogens is 1. The molecule has 0 fully saturated rings. The number of carbonyl (C=O) groups is 1. The fourth-order valence-corrected chi connectivity index (χ4v) is 2.86. The van der Waals surface area contributed by atoms with Gasteiger partial charge in [-0.3, -0.25) is 9.78 Å². The van der Waals surface area contributed by atoms with Crippen molar-refractivity contribution < 1.29 is 9.21 Å². The SMILES string of the molecule is Cc1c(C(=O)NCc2ccccn2)oc2c1/C(=N/N=C(N)N)CCC2. The van der Waals surface area contributed by atoms with Crippen LogP contribution in [0.1, 0.15) is 46.0 Å². The van der Waals surface area contributed by atoms with Crippen molar-refractivity contribution in [1.29, 1.82) is 0 Å². The van der Waals surface area contributed by atoms with Gasteiger partial charge in [-0.05, 0) is 31.9 Å². The number of furan rings is 1. The molecule has 1 aliphatic carbocycles. The van der Waals surface area contributed by atoms with Gasteiger partial charge in [0.2, 0.25) is 5.96 Å². The summed E-state index contributed by atoms with van der Waals surface area (Å²) in [7, 11) is 0. The van der Waals surface area contributed by atoms with Gasteiger partial charge in [-0.2, -0.15) is 5.10 Å². The summed E-state index contributed by atoms with van der Waals surface area (Å²) in [6, 6.07) is 5.55. The zero-order valence-corrected chi connectivity index (χ0v) is 14.0. The molecule has 0 bridgehead atoms. The molecule has 1 aliphatic rings. The van der Waals surface area contributed by atoms with Gasteiger partial charge in [-0.25, -0.2) is 0 Å². The van der Waals surface area contributed by atoms with E-state index in [1.54, 1.807) is 6.20 Å². The molecule has 0 atom stereocenters. The number of rotatable bonds is 4. The quantitative estimate of drug-likeness (QED) is 0.437. The van der Waals surface area contributed by atoms with Gasteiger partial charge in [0.05, 0.1) is 18.0 Å². The Morgan fingerprint density at radius 2 is 2.20 bits per heavy atom. The maximum atomic E-state index is 12.5. The summed E-state index contributed by atoms with van der Waals surface area (Å²) in [6.45, 7) is 2.17. The zero-order valence-electron chi connectivity index (χ0n) is 14.0. The van der Waals surface area contributed by atoms with Crippen LogP contribution in [0.4, 0.5) is 0 Å². The number of nitrogens with zero attached hydrogens (tertiary/aromatic N) is 3. The van der Waals surface area contributed by atoms with E-state index in [1.165, 1.54) is 0 Å². The van der Waals surface area contributed by atoms with E-state index in [4.69, 9.17) is 15.9 Å². The normalized spacial score (nSPS) is 14.8. The van der Waals surface area contributed by atoms with E-state index in [0.29, 0.717) is 12.3 Å². The second-order valence-corrected chi connectivity index (χ2v) is 5.78. The van der Waals surface area contributed by atoms with Crippen LogP contribution >= 0.6 is 0 Å². The van der Waals surface area contributed by atoms with E-state index in [-0.39, 0.29) is 11.9 Å². The van der Waals surface area contributed by atoms with Gasteiger partial charge in [0.25, 0.3) is 5.91 Å². The predicted molar refractivity (Wildman–Crippen MR) is 94.1 cm³/mol. The van der Waals surface area contributed by atoms with Gasteiger partial charge < -0.3 is 21.2 Å². The largest absolute Gasteiger partial charge is 0.455 e. The fraction of sp³-hybridized carbons (Fsp3) is 0.294. The summed E-state index contributed by atoms with van der Waals surface area (Å²) in [5.41, 5.74) is 13.8. The highest BCUT2D eigenvalue weighted by Crippen LogP contribution is 2.30. The molecule has 130 valence electrons. The summed E-state index contributed by atoms with van der Waals surface area (Å²) in [4.78, 5) is 16.7. The topological polar surface area (TPSA) is 132 Å². The summed E-state index contributed by atoms with van der Waals surface area (Å²) < 4.78 is 5.80. The van der Waals surface area contributed by atoms with Crippen molar-refractivity contribution in [3.63, 3.8) is 0 Å². The van der Waals surface area contributed by atoms with Crippen LogP contribution in [0.2, 0.25) is 0 Å². The van der Waals surface area contributed by atoms with Crippen LogP contribution in [-0.2, 0) is 13.0 Å². The first-order valence-electron chi connectivity index (χ1n) is 8.02. The van der Waals surface area contributed by atoms with Crippen molar-refractivity contribution in [3.8, 4) is 0 Å². The van der Waals surface area contributed by atoms with Crippen LogP contribution in [0.3, 0.4) is 0 Å². The Kier molecular flexibility index (Phi) is 4.78. The third-order valence-corrected chi connectivity index (χ3v) is 3.97. The van der Waals surface area contributed by atoms with E-state index >= 15 is 0 Å². The van der Waals surface area contributed by atoms with Crippen molar-refractivity contribution >= 4 is 17.6 Å². The lowest BCUT2D eigenvalue weighted by Crippen LogP contribution is -2.23. The first-order chi connectivity index (χ1) is 12.1. The van der Waals surface area contributed by atoms with E-state index in [2.05, 4.69) is 20.5 Å². The predicted octanol–water partition coefficient (Wildman–Crippen LogP) is 1.23. The molecule has 0 saturated carbocycles. The number of pyridine rings is 1. The standard InChI is InChI=1S/C17H20N6O2/c1-10-14-12(22-23-17(18)19)6-4-7-13(14)25-15(10)16(24)21-9-11-5-2-3-8-20-11/h2-3,5,8H,4,6-7,9H2,1H3,(H,21,24)(H4,18,19,23)/b22-12+. The average Bonchev–Trinajstić information content (AvgIpc) is 2.96. The summed E-state index contributed by atoms with van der Waals surface area (Å²) in [5, 5.41) is 10.7. The van der Waals surface area contributed by atoms with Gasteiger partial charge in [0.15, 0.2) is 5.76 Å². The smallest absolute Gasteiger partial charge is 0.287 e. The minimum atomic E-state index is -0.279. The van der Waals surface area contributed by atoms with E-state index in [0.717, 1.165) is 47.6 Å². The van der Waals surface area contributed by atoms with Crippen molar-refractivity contribution in [1.82, 2.24) is 10.3 Å². The molecule has 0 unspecified atom stereocenters.